The van der Waals surface area contributed by atoms with E-state index in [1.165, 1.54) is 0 Å². The zero-order valence-corrected chi connectivity index (χ0v) is 5.01. The molecule has 0 saturated carbocycles. The minimum absolute atomic E-state index is 0.0512. The Morgan fingerprint density at radius 2 is 2.00 bits per heavy atom. The van der Waals surface area contributed by atoms with Crippen molar-refractivity contribution in [3.8, 4) is 0 Å². The molecular formula is C5H9FO3. The topological polar surface area (TPSA) is 35.5 Å². The van der Waals surface area contributed by atoms with E-state index >= 15 is 0 Å². The number of rotatable bonds is 6. The molecule has 0 aromatic heterocycles. The predicted molar refractivity (Wildman–Crippen MR) is 28.8 cm³/mol. The molecule has 0 spiro atoms. The molecule has 0 radical (unpaired) electrons. The van der Waals surface area contributed by atoms with Gasteiger partial charge in [0.2, 0.25) is 0 Å². The Morgan fingerprint density at radius 3 is 2.56 bits per heavy atom. The molecule has 0 aliphatic carbocycles. The summed E-state index contributed by atoms with van der Waals surface area (Å²) in [5.41, 5.74) is 0. The van der Waals surface area contributed by atoms with Gasteiger partial charge in [0.05, 0.1) is 13.2 Å². The maximum Gasteiger partial charge on any atom is 0.188 e. The fraction of sp³-hybridized carbons (Fsp3) is 0.800. The number of carbonyl (C=O) groups is 1. The molecule has 0 heterocycles. The van der Waals surface area contributed by atoms with Crippen LogP contribution in [0.2, 0.25) is 0 Å². The van der Waals surface area contributed by atoms with Gasteiger partial charge in [-0.2, -0.15) is 0 Å². The van der Waals surface area contributed by atoms with E-state index in [1.807, 2.05) is 0 Å². The van der Waals surface area contributed by atoms with Crippen molar-refractivity contribution in [2.75, 3.05) is 26.7 Å². The van der Waals surface area contributed by atoms with E-state index in [1.54, 1.807) is 0 Å². The molecular weight excluding hydrogens is 127 g/mol. The fourth-order valence-corrected chi connectivity index (χ4v) is 0.304. The van der Waals surface area contributed by atoms with Gasteiger partial charge < -0.3 is 14.3 Å². The monoisotopic (exact) mass is 136 g/mol. The summed E-state index contributed by atoms with van der Waals surface area (Å²) in [7, 11) is 0. The Morgan fingerprint density at radius 1 is 1.33 bits per heavy atom. The van der Waals surface area contributed by atoms with Gasteiger partial charge in [0.25, 0.3) is 0 Å². The SMILES string of the molecule is O=CCOCCOCF. The van der Waals surface area contributed by atoms with Gasteiger partial charge in [-0.1, -0.05) is 0 Å². The van der Waals surface area contributed by atoms with E-state index in [-0.39, 0.29) is 19.8 Å². The molecule has 0 fully saturated rings. The molecule has 0 aromatic carbocycles. The molecule has 0 aliphatic rings. The van der Waals surface area contributed by atoms with Gasteiger partial charge in [-0.25, -0.2) is 4.39 Å². The number of hydrogen-bond acceptors (Lipinski definition) is 3. The van der Waals surface area contributed by atoms with Crippen LogP contribution in [-0.2, 0) is 14.3 Å². The maximum atomic E-state index is 11.2. The highest BCUT2D eigenvalue weighted by molar-refractivity contribution is 5.50. The summed E-state index contributed by atoms with van der Waals surface area (Å²) in [5.74, 6) is 0. The van der Waals surface area contributed by atoms with Gasteiger partial charge in [0.1, 0.15) is 12.9 Å². The van der Waals surface area contributed by atoms with Crippen molar-refractivity contribution in [2.45, 2.75) is 0 Å². The third-order valence-corrected chi connectivity index (χ3v) is 0.635. The standard InChI is InChI=1S/C5H9FO3/c6-5-9-4-3-8-2-1-7/h1H,2-5H2. The summed E-state index contributed by atoms with van der Waals surface area (Å²) >= 11 is 0. The maximum absolute atomic E-state index is 11.2. The molecule has 0 atom stereocenters. The zero-order valence-electron chi connectivity index (χ0n) is 5.01. The highest BCUT2D eigenvalue weighted by atomic mass is 19.1. The van der Waals surface area contributed by atoms with Crippen molar-refractivity contribution in [1.82, 2.24) is 0 Å². The first-order chi connectivity index (χ1) is 4.41. The predicted octanol–water partition coefficient (Wildman–Crippen LogP) is 0.146. The van der Waals surface area contributed by atoms with Gasteiger partial charge >= 0.3 is 0 Å². The normalized spacial score (nSPS) is 9.44. The lowest BCUT2D eigenvalue weighted by molar-refractivity contribution is -0.112. The van der Waals surface area contributed by atoms with Crippen molar-refractivity contribution in [1.29, 1.82) is 0 Å². The summed E-state index contributed by atoms with van der Waals surface area (Å²) in [5, 5.41) is 0. The Hall–Kier alpha value is -0.480. The Kier molecular flexibility index (Phi) is 7.12. The minimum Gasteiger partial charge on any atom is -0.372 e. The third-order valence-electron chi connectivity index (χ3n) is 0.635. The average molecular weight is 136 g/mol. The quantitative estimate of drug-likeness (QED) is 0.385. The fourth-order valence-electron chi connectivity index (χ4n) is 0.304. The van der Waals surface area contributed by atoms with Crippen LogP contribution in [0.15, 0.2) is 0 Å². The first kappa shape index (κ1) is 8.52. The van der Waals surface area contributed by atoms with Gasteiger partial charge in [-0.15, -0.1) is 0 Å². The summed E-state index contributed by atoms with van der Waals surface area (Å²) in [6.45, 7) is -0.285. The lowest BCUT2D eigenvalue weighted by Crippen LogP contribution is -2.04. The van der Waals surface area contributed by atoms with Crippen molar-refractivity contribution in [3.63, 3.8) is 0 Å². The molecule has 0 saturated heterocycles. The summed E-state index contributed by atoms with van der Waals surface area (Å²) in [4.78, 5) is 9.60. The van der Waals surface area contributed by atoms with Gasteiger partial charge in [0, 0.05) is 0 Å². The van der Waals surface area contributed by atoms with Crippen LogP contribution in [-0.4, -0.2) is 33.0 Å². The van der Waals surface area contributed by atoms with Crippen LogP contribution in [0.5, 0.6) is 0 Å². The van der Waals surface area contributed by atoms with E-state index in [0.717, 1.165) is 0 Å². The lowest BCUT2D eigenvalue weighted by atomic mass is 10.7. The molecule has 0 amide bonds. The van der Waals surface area contributed by atoms with Crippen molar-refractivity contribution in [2.24, 2.45) is 0 Å². The second-order valence-electron chi connectivity index (χ2n) is 1.26. The zero-order chi connectivity index (χ0) is 6.95. The second kappa shape index (κ2) is 7.52. The van der Waals surface area contributed by atoms with Gasteiger partial charge in [0.15, 0.2) is 6.86 Å². The van der Waals surface area contributed by atoms with E-state index in [9.17, 15) is 9.18 Å². The molecule has 0 N–H and O–H groups in total. The van der Waals surface area contributed by atoms with Crippen LogP contribution in [0.3, 0.4) is 0 Å². The van der Waals surface area contributed by atoms with Crippen molar-refractivity contribution < 1.29 is 18.7 Å². The van der Waals surface area contributed by atoms with Crippen LogP contribution in [0.4, 0.5) is 4.39 Å². The van der Waals surface area contributed by atoms with E-state index in [0.29, 0.717) is 6.29 Å². The summed E-state index contributed by atoms with van der Waals surface area (Å²) in [6, 6.07) is 0. The lowest BCUT2D eigenvalue weighted by Gasteiger charge is -1.97. The van der Waals surface area contributed by atoms with Gasteiger partial charge in [-0.3, -0.25) is 0 Å². The van der Waals surface area contributed by atoms with Crippen LogP contribution in [0, 0.1) is 0 Å². The Bertz CT molecular complexity index is 67.2. The molecule has 0 bridgehead atoms. The summed E-state index contributed by atoms with van der Waals surface area (Å²) < 4.78 is 20.1. The second-order valence-corrected chi connectivity index (χ2v) is 1.26. The number of alkyl halides is 1. The van der Waals surface area contributed by atoms with Crippen molar-refractivity contribution >= 4 is 6.29 Å². The molecule has 0 unspecified atom stereocenters. The highest BCUT2D eigenvalue weighted by Crippen LogP contribution is 1.76. The first-order valence-electron chi connectivity index (χ1n) is 2.57. The van der Waals surface area contributed by atoms with Crippen LogP contribution < -0.4 is 0 Å². The molecule has 4 heteroatoms. The Labute approximate surface area is 52.8 Å². The Balaban J connectivity index is 2.66. The molecule has 0 rings (SSSR count). The van der Waals surface area contributed by atoms with E-state index in [4.69, 9.17) is 0 Å². The van der Waals surface area contributed by atoms with E-state index < -0.39 is 6.86 Å². The first-order valence-corrected chi connectivity index (χ1v) is 2.57. The van der Waals surface area contributed by atoms with E-state index in [2.05, 4.69) is 9.47 Å². The number of halogens is 1. The van der Waals surface area contributed by atoms with Crippen molar-refractivity contribution in [3.05, 3.63) is 0 Å². The largest absolute Gasteiger partial charge is 0.372 e. The number of aldehydes is 1. The molecule has 3 nitrogen and oxygen atoms in total. The average Bonchev–Trinajstić information content (AvgIpc) is 1.89. The minimum atomic E-state index is -0.801. The van der Waals surface area contributed by atoms with Crippen LogP contribution in [0.1, 0.15) is 0 Å². The smallest absolute Gasteiger partial charge is 0.188 e. The van der Waals surface area contributed by atoms with Gasteiger partial charge in [-0.05, 0) is 0 Å². The molecule has 0 aromatic rings. The van der Waals surface area contributed by atoms with Crippen LogP contribution >= 0.6 is 0 Å². The molecule has 9 heavy (non-hydrogen) atoms. The molecule has 0 aliphatic heterocycles. The third kappa shape index (κ3) is 7.52. The van der Waals surface area contributed by atoms with Crippen LogP contribution in [0.25, 0.3) is 0 Å². The number of ether oxygens (including phenoxy) is 2. The highest BCUT2D eigenvalue weighted by Gasteiger charge is 1.85. The summed E-state index contributed by atoms with van der Waals surface area (Å²) in [6.07, 6.45) is 0.634. The molecule has 54 valence electrons. The number of hydrogen-bond donors (Lipinski definition) is 0. The number of carbonyl (C=O) groups excluding carboxylic acids is 1.